The Labute approximate surface area is 709 Å². The number of hydroxylamine groups is 1. The van der Waals surface area contributed by atoms with Crippen LogP contribution in [0.3, 0.4) is 0 Å². The number of rotatable bonds is 45. The van der Waals surface area contributed by atoms with Crippen LogP contribution in [0, 0.1) is 0 Å². The fourth-order valence-electron chi connectivity index (χ4n) is 12.2. The van der Waals surface area contributed by atoms with Crippen LogP contribution in [0.5, 0.6) is 5.75 Å². The highest BCUT2D eigenvalue weighted by molar-refractivity contribution is 6.06. The van der Waals surface area contributed by atoms with E-state index in [0.717, 1.165) is 18.4 Å². The summed E-state index contributed by atoms with van der Waals surface area (Å²) in [6.07, 6.45) is 15.3. The molecule has 0 atom stereocenters. The van der Waals surface area contributed by atoms with Crippen LogP contribution in [0.2, 0.25) is 0 Å². The number of aryl methyl sites for hydroxylation is 7. The molecule has 10 aromatic rings. The molecular formula is C79H98N28O17. The molecule has 0 bridgehead atoms. The molecule has 8 aromatic heterocycles. The first-order chi connectivity index (χ1) is 59.6. The summed E-state index contributed by atoms with van der Waals surface area (Å²) < 4.78 is 29.0. The molecule has 2 aromatic carbocycles. The van der Waals surface area contributed by atoms with Gasteiger partial charge in [-0.2, -0.15) is 0 Å². The summed E-state index contributed by atoms with van der Waals surface area (Å²) in [5.74, 6) is -5.48. The van der Waals surface area contributed by atoms with Crippen molar-refractivity contribution in [3.8, 4) is 5.75 Å². The average Bonchev–Trinajstić information content (AvgIpc) is 1.67. The van der Waals surface area contributed by atoms with Crippen molar-refractivity contribution in [1.82, 2.24) is 104 Å². The van der Waals surface area contributed by atoms with Gasteiger partial charge in [-0.15, -0.1) is 5.10 Å². The summed E-state index contributed by atoms with van der Waals surface area (Å²) in [4.78, 5) is 186. The number of nitrogens with one attached hydrogen (secondary N) is 13. The maximum absolute atomic E-state index is 13.4. The third kappa shape index (κ3) is 26.7. The maximum Gasteiger partial charge on any atom is 0.322 e. The van der Waals surface area contributed by atoms with E-state index in [1.807, 2.05) is 6.92 Å². The zero-order chi connectivity index (χ0) is 88.9. The predicted octanol–water partition coefficient (Wildman–Crippen LogP) is 3.15. The molecule has 45 nitrogen and oxygen atoms in total. The zero-order valence-corrected chi connectivity index (χ0v) is 69.4. The van der Waals surface area contributed by atoms with Crippen molar-refractivity contribution in [2.24, 2.45) is 49.3 Å². The molecule has 14 N–H and O–H groups in total. The molecular weight excluding hydrogens is 1610 g/mol. The first kappa shape index (κ1) is 91.2. The largest absolute Gasteiger partial charge is 0.487 e. The number of benzene rings is 2. The summed E-state index contributed by atoms with van der Waals surface area (Å²) >= 11 is 0. The minimum Gasteiger partial charge on any atom is -0.487 e. The summed E-state index contributed by atoms with van der Waals surface area (Å²) in [7, 11) is 11.2. The number of anilines is 7. The monoisotopic (exact) mass is 1710 g/mol. The van der Waals surface area contributed by atoms with Crippen LogP contribution in [-0.4, -0.2) is 220 Å². The van der Waals surface area contributed by atoms with Crippen LogP contribution in [0.25, 0.3) is 0 Å². The van der Waals surface area contributed by atoms with Crippen LogP contribution in [0.4, 0.5) is 45.0 Å². The highest BCUT2D eigenvalue weighted by Gasteiger charge is 2.25. The lowest BCUT2D eigenvalue weighted by Crippen LogP contribution is -2.35. The van der Waals surface area contributed by atoms with E-state index >= 15 is 0 Å². The van der Waals surface area contributed by atoms with Crippen molar-refractivity contribution in [2.45, 2.75) is 71.6 Å². The molecule has 124 heavy (non-hydrogen) atoms. The Morgan fingerprint density at radius 3 is 1.48 bits per heavy atom. The number of carbonyl (C=O) groups is 13. The van der Waals surface area contributed by atoms with E-state index in [1.165, 1.54) is 82.8 Å². The van der Waals surface area contributed by atoms with Gasteiger partial charge in [0.25, 0.3) is 47.3 Å². The van der Waals surface area contributed by atoms with Gasteiger partial charge in [-0.05, 0) is 73.0 Å². The van der Waals surface area contributed by atoms with E-state index < -0.39 is 65.0 Å². The predicted molar refractivity (Wildman–Crippen MR) is 447 cm³/mol. The number of ether oxygens (including phenoxy) is 3. The van der Waals surface area contributed by atoms with Crippen LogP contribution >= 0.6 is 0 Å². The van der Waals surface area contributed by atoms with Crippen molar-refractivity contribution in [2.75, 3.05) is 103 Å². The third-order valence-electron chi connectivity index (χ3n) is 18.6. The van der Waals surface area contributed by atoms with Gasteiger partial charge in [0.2, 0.25) is 41.1 Å². The minimum absolute atomic E-state index is 0.00917. The van der Waals surface area contributed by atoms with E-state index in [9.17, 15) is 62.3 Å². The van der Waals surface area contributed by atoms with E-state index in [2.05, 4.69) is 94.0 Å². The van der Waals surface area contributed by atoms with Crippen LogP contribution < -0.4 is 74.0 Å². The Balaban J connectivity index is 0.535. The molecule has 0 aliphatic heterocycles. The SMILES string of the molecule is CCCCN(Cc1ccc(C(=O)NO)cc1)C(=O)Nc1ccc(OCc2cn(CCOCCOCCNC(=O)CCNC(=O)c3nc(NC(=O)c4cc(NC(=O)CCNC(=O)c5nc(NC(=O)CCCNC(=O)c6cc(NC(=O)c7nc(NC(=O)CCNC(=O)c8cc(NC(=O)c9nccn9C)cn8C)cn7C)cn6C)cn5C)cn4C)cn3C)nn2)cc1. The Morgan fingerprint density at radius 2 is 0.927 bits per heavy atom. The lowest BCUT2D eigenvalue weighted by molar-refractivity contribution is -0.121. The van der Waals surface area contributed by atoms with E-state index in [0.29, 0.717) is 61.2 Å². The number of unbranched alkanes of at least 4 members (excludes halogenated alkanes) is 1. The van der Waals surface area contributed by atoms with Crippen molar-refractivity contribution in [3.63, 3.8) is 0 Å². The summed E-state index contributed by atoms with van der Waals surface area (Å²) in [6.45, 7) is 4.76. The van der Waals surface area contributed by atoms with E-state index in [4.69, 9.17) is 19.4 Å². The molecule has 0 radical (unpaired) electrons. The molecule has 0 aliphatic rings. The fraction of sp³-hybridized carbons (Fsp3) is 0.354. The molecule has 14 amide bonds. The highest BCUT2D eigenvalue weighted by Crippen LogP contribution is 2.22. The van der Waals surface area contributed by atoms with E-state index in [1.54, 1.807) is 136 Å². The van der Waals surface area contributed by atoms with Gasteiger partial charge in [0, 0.05) is 182 Å². The Morgan fingerprint density at radius 1 is 0.427 bits per heavy atom. The molecule has 656 valence electrons. The third-order valence-corrected chi connectivity index (χ3v) is 18.6. The number of amides is 14. The number of hydrogen-bond acceptors (Lipinski definition) is 23. The van der Waals surface area contributed by atoms with Crippen molar-refractivity contribution in [3.05, 3.63) is 180 Å². The van der Waals surface area contributed by atoms with Crippen LogP contribution in [0.15, 0.2) is 123 Å². The zero-order valence-electron chi connectivity index (χ0n) is 69.4. The smallest absolute Gasteiger partial charge is 0.322 e. The number of nitrogens with zero attached hydrogens (tertiary/aromatic N) is 15. The van der Waals surface area contributed by atoms with Gasteiger partial charge in [0.1, 0.15) is 35.1 Å². The Kier molecular flexibility index (Phi) is 32.5. The Bertz CT molecular complexity index is 5470. The van der Waals surface area contributed by atoms with Gasteiger partial charge in [-0.1, -0.05) is 30.7 Å². The molecule has 0 fully saturated rings. The summed E-state index contributed by atoms with van der Waals surface area (Å²) in [5.41, 5.74) is 5.38. The standard InChI is InChI=1S/C79H98N28O17/c1-9-10-30-106(40-49-13-15-50(16-14-49)71(112)97-121)79(120)89-51-17-19-56(20-18-51)124-48-55-44-107(98-96-55)32-34-123-36-35-122-33-29-80-63(108)21-25-84-76(117)69-94-62(47-104(69)7)95-74(115)59-37-52(41-102(59)5)86-65(110)22-27-85-75(116)68-92-60(45-103(68)6)90-64(109)12-11-24-82-72(113)57-39-54(43-100(57)3)88-78(119)70-93-61(46-105(70)8)91-66(111)23-26-83-73(114)58-38-53(42-101(58)4)87-77(118)67-81-28-31-99(67)2/h13-20,28,31,37-39,41-47,121H,9-12,21-27,29-30,32-36,40,48H2,1-8H3,(H,80,108)(H,82,113)(H,83,114)(H,84,117)(H,85,116)(H,86,110)(H,87,118)(H,88,119)(H,89,120)(H,90,109)(H,91,111)(H,95,115)(H,97,112). The van der Waals surface area contributed by atoms with Crippen LogP contribution in [-0.2, 0) is 97.7 Å². The van der Waals surface area contributed by atoms with Crippen molar-refractivity contribution >= 4 is 117 Å². The maximum atomic E-state index is 13.4. The first-order valence-corrected chi connectivity index (χ1v) is 39.2. The van der Waals surface area contributed by atoms with Crippen LogP contribution in [0.1, 0.15) is 147 Å². The van der Waals surface area contributed by atoms with Gasteiger partial charge in [-0.25, -0.2) is 34.9 Å². The normalized spacial score (nSPS) is 10.9. The average molecular weight is 1710 g/mol. The van der Waals surface area contributed by atoms with Gasteiger partial charge >= 0.3 is 6.03 Å². The number of carbonyl (C=O) groups excluding carboxylic acids is 13. The van der Waals surface area contributed by atoms with Crippen molar-refractivity contribution < 1.29 is 81.7 Å². The number of aromatic nitrogens is 14. The minimum atomic E-state index is -0.642. The lowest BCUT2D eigenvalue weighted by Gasteiger charge is -2.23. The number of hydrogen-bond donors (Lipinski definition) is 14. The molecule has 10 rings (SSSR count). The molecule has 0 saturated carbocycles. The second-order valence-electron chi connectivity index (χ2n) is 28.3. The molecule has 8 heterocycles. The van der Waals surface area contributed by atoms with E-state index in [-0.39, 0.29) is 166 Å². The van der Waals surface area contributed by atoms with Gasteiger partial charge in [0.15, 0.2) is 23.3 Å². The van der Waals surface area contributed by atoms with Gasteiger partial charge in [-0.3, -0.25) is 62.7 Å². The second kappa shape index (κ2) is 44.2. The number of imidazole rings is 4. The topological polar surface area (TPSA) is 546 Å². The fourth-order valence-corrected chi connectivity index (χ4v) is 12.2. The quantitative estimate of drug-likeness (QED) is 0.0148. The first-order valence-electron chi connectivity index (χ1n) is 39.2. The molecule has 0 aliphatic carbocycles. The molecule has 45 heteroatoms. The van der Waals surface area contributed by atoms with Crippen molar-refractivity contribution in [1.29, 1.82) is 0 Å². The molecule has 0 saturated heterocycles. The van der Waals surface area contributed by atoms with Gasteiger partial charge < -0.3 is 115 Å². The summed E-state index contributed by atoms with van der Waals surface area (Å²) in [6, 6.07) is 17.7. The Hall–Kier alpha value is -15.2. The molecule has 0 spiro atoms. The lowest BCUT2D eigenvalue weighted by atomic mass is 10.1. The van der Waals surface area contributed by atoms with Gasteiger partial charge in [0.05, 0.1) is 56.2 Å². The second-order valence-corrected chi connectivity index (χ2v) is 28.3. The molecule has 0 unspecified atom stereocenters. The summed E-state index contributed by atoms with van der Waals surface area (Å²) in [5, 5.41) is 49.5. The highest BCUT2D eigenvalue weighted by atomic mass is 16.5. The number of urea groups is 1.